The predicted octanol–water partition coefficient (Wildman–Crippen LogP) is 3.45. The molecule has 92 valence electrons. The normalized spacial score (nSPS) is 10.8. The number of pyridine rings is 1. The van der Waals surface area contributed by atoms with E-state index in [1.165, 1.54) is 0 Å². The van der Waals surface area contributed by atoms with Gasteiger partial charge in [-0.05, 0) is 30.3 Å². The van der Waals surface area contributed by atoms with E-state index in [0.29, 0.717) is 0 Å². The van der Waals surface area contributed by atoms with Gasteiger partial charge in [0.05, 0.1) is 7.11 Å². The Bertz CT molecular complexity index is 578. The number of rotatable bonds is 3. The lowest BCUT2D eigenvalue weighted by molar-refractivity contribution is -0.673. The molecule has 0 unspecified atom stereocenters. The van der Waals surface area contributed by atoms with Crippen molar-refractivity contribution in [2.75, 3.05) is 7.11 Å². The number of nitrogens with zero attached hydrogens (tertiary/aromatic N) is 1. The minimum atomic E-state index is 0.869. The van der Waals surface area contributed by atoms with Gasteiger partial charge in [-0.3, -0.25) is 0 Å². The molecule has 3 heteroatoms. The van der Waals surface area contributed by atoms with Gasteiger partial charge in [0, 0.05) is 28.2 Å². The molecule has 2 nitrogen and oxygen atoms in total. The Hall–Kier alpha value is -1.61. The predicted molar refractivity (Wildman–Crippen MR) is 77.2 cm³/mol. The second-order valence-electron chi connectivity index (χ2n) is 3.96. The highest BCUT2D eigenvalue weighted by Crippen LogP contribution is 2.24. The zero-order valence-electron chi connectivity index (χ0n) is 10.4. The van der Waals surface area contributed by atoms with Crippen molar-refractivity contribution in [1.29, 1.82) is 0 Å². The van der Waals surface area contributed by atoms with Gasteiger partial charge in [-0.15, -0.1) is 0 Å². The molecule has 1 aromatic carbocycles. The highest BCUT2D eigenvalue weighted by molar-refractivity contribution is 9.10. The van der Waals surface area contributed by atoms with Crippen molar-refractivity contribution in [3.63, 3.8) is 0 Å². The lowest BCUT2D eigenvalue weighted by Crippen LogP contribution is -2.30. The summed E-state index contributed by atoms with van der Waals surface area (Å²) < 4.78 is 8.45. The van der Waals surface area contributed by atoms with E-state index in [0.717, 1.165) is 21.5 Å². The number of aryl methyl sites for hydroxylation is 1. The first-order valence-electron chi connectivity index (χ1n) is 5.67. The Morgan fingerprint density at radius 2 is 2.00 bits per heavy atom. The highest BCUT2D eigenvalue weighted by Gasteiger charge is 2.02. The number of aromatic nitrogens is 1. The first-order chi connectivity index (χ1) is 8.70. The lowest BCUT2D eigenvalue weighted by Gasteiger charge is -2.04. The summed E-state index contributed by atoms with van der Waals surface area (Å²) >= 11 is 3.47. The molecule has 0 spiro atoms. The molecule has 0 aliphatic rings. The molecule has 0 bridgehead atoms. The molecule has 1 heterocycles. The summed E-state index contributed by atoms with van der Waals surface area (Å²) in [6.07, 6.45) is 6.15. The van der Waals surface area contributed by atoms with Crippen LogP contribution >= 0.6 is 15.9 Å². The number of halogens is 1. The maximum atomic E-state index is 5.34. The minimum absolute atomic E-state index is 0.869. The van der Waals surface area contributed by atoms with Crippen LogP contribution in [0.1, 0.15) is 11.3 Å². The largest absolute Gasteiger partial charge is 0.496 e. The van der Waals surface area contributed by atoms with Gasteiger partial charge in [0.25, 0.3) is 0 Å². The Labute approximate surface area is 116 Å². The maximum absolute atomic E-state index is 5.34. The third kappa shape index (κ3) is 2.99. The van der Waals surface area contributed by atoms with Crippen LogP contribution in [-0.2, 0) is 7.05 Å². The van der Waals surface area contributed by atoms with Crippen molar-refractivity contribution in [2.45, 2.75) is 0 Å². The SMILES string of the molecule is COc1ccc(Br)cc1C=Cc1cccc[n+]1C. The molecule has 0 atom stereocenters. The number of hydrogen-bond acceptors (Lipinski definition) is 1. The molecular formula is C15H15BrNO+. The Balaban J connectivity index is 2.34. The summed E-state index contributed by atoms with van der Waals surface area (Å²) in [6.45, 7) is 0. The van der Waals surface area contributed by atoms with Crippen molar-refractivity contribution in [3.8, 4) is 5.75 Å². The summed E-state index contributed by atoms with van der Waals surface area (Å²) in [5.41, 5.74) is 2.19. The fourth-order valence-corrected chi connectivity index (χ4v) is 2.10. The van der Waals surface area contributed by atoms with E-state index in [1.54, 1.807) is 7.11 Å². The van der Waals surface area contributed by atoms with Crippen LogP contribution in [0.25, 0.3) is 12.2 Å². The van der Waals surface area contributed by atoms with Gasteiger partial charge in [0.15, 0.2) is 6.20 Å². The van der Waals surface area contributed by atoms with Crippen molar-refractivity contribution >= 4 is 28.1 Å². The second-order valence-corrected chi connectivity index (χ2v) is 4.87. The summed E-state index contributed by atoms with van der Waals surface area (Å²) in [5, 5.41) is 0. The van der Waals surface area contributed by atoms with Gasteiger partial charge in [0.2, 0.25) is 5.69 Å². The standard InChI is InChI=1S/C15H15BrNO/c1-17-10-4-3-5-14(17)8-6-12-11-13(16)7-9-15(12)18-2/h3-11H,1-2H3/q+1. The zero-order chi connectivity index (χ0) is 13.0. The molecule has 0 amide bonds. The first kappa shape index (κ1) is 12.8. The third-order valence-corrected chi connectivity index (χ3v) is 3.21. The molecule has 1 aromatic heterocycles. The quantitative estimate of drug-likeness (QED) is 0.792. The van der Waals surface area contributed by atoms with E-state index in [9.17, 15) is 0 Å². The van der Waals surface area contributed by atoms with Crippen LogP contribution in [0.3, 0.4) is 0 Å². The van der Waals surface area contributed by atoms with Crippen molar-refractivity contribution in [2.24, 2.45) is 7.05 Å². The van der Waals surface area contributed by atoms with Crippen LogP contribution in [0.5, 0.6) is 5.75 Å². The van der Waals surface area contributed by atoms with Crippen molar-refractivity contribution in [3.05, 3.63) is 58.3 Å². The highest BCUT2D eigenvalue weighted by atomic mass is 79.9. The summed E-state index contributed by atoms with van der Waals surface area (Å²) in [4.78, 5) is 0. The molecule has 0 saturated carbocycles. The number of hydrogen-bond donors (Lipinski definition) is 0. The number of benzene rings is 1. The van der Waals surface area contributed by atoms with E-state index in [1.807, 2.05) is 43.6 Å². The van der Waals surface area contributed by atoms with Gasteiger partial charge in [0.1, 0.15) is 12.8 Å². The Morgan fingerprint density at radius 3 is 2.72 bits per heavy atom. The monoisotopic (exact) mass is 304 g/mol. The molecule has 0 fully saturated rings. The first-order valence-corrected chi connectivity index (χ1v) is 6.46. The minimum Gasteiger partial charge on any atom is -0.496 e. The maximum Gasteiger partial charge on any atom is 0.204 e. The van der Waals surface area contributed by atoms with Crippen LogP contribution < -0.4 is 9.30 Å². The fraction of sp³-hybridized carbons (Fsp3) is 0.133. The molecular weight excluding hydrogens is 290 g/mol. The average molecular weight is 305 g/mol. The van der Waals surface area contributed by atoms with E-state index in [2.05, 4.69) is 38.7 Å². The van der Waals surface area contributed by atoms with Crippen LogP contribution in [0.2, 0.25) is 0 Å². The average Bonchev–Trinajstić information content (AvgIpc) is 2.38. The molecule has 0 aliphatic carbocycles. The van der Waals surface area contributed by atoms with E-state index < -0.39 is 0 Å². The summed E-state index contributed by atoms with van der Waals surface area (Å²) in [7, 11) is 3.71. The third-order valence-electron chi connectivity index (χ3n) is 2.72. The molecule has 0 radical (unpaired) electrons. The molecule has 2 aromatic rings. The zero-order valence-corrected chi connectivity index (χ0v) is 12.0. The Kier molecular flexibility index (Phi) is 4.15. The molecule has 2 rings (SSSR count). The van der Waals surface area contributed by atoms with Gasteiger partial charge < -0.3 is 4.74 Å². The van der Waals surface area contributed by atoms with Gasteiger partial charge in [-0.1, -0.05) is 15.9 Å². The topological polar surface area (TPSA) is 13.1 Å². The molecule has 0 N–H and O–H groups in total. The van der Waals surface area contributed by atoms with Crippen LogP contribution in [0.15, 0.2) is 47.1 Å². The second kappa shape index (κ2) is 5.83. The van der Waals surface area contributed by atoms with E-state index in [-0.39, 0.29) is 0 Å². The van der Waals surface area contributed by atoms with E-state index >= 15 is 0 Å². The van der Waals surface area contributed by atoms with Crippen molar-refractivity contribution < 1.29 is 9.30 Å². The van der Waals surface area contributed by atoms with Crippen molar-refractivity contribution in [1.82, 2.24) is 0 Å². The number of ether oxygens (including phenoxy) is 1. The smallest absolute Gasteiger partial charge is 0.204 e. The van der Waals surface area contributed by atoms with Crippen LogP contribution in [0.4, 0.5) is 0 Å². The van der Waals surface area contributed by atoms with Gasteiger partial charge in [-0.25, -0.2) is 4.57 Å². The summed E-state index contributed by atoms with van der Waals surface area (Å²) in [5.74, 6) is 0.869. The van der Waals surface area contributed by atoms with Crippen LogP contribution in [0, 0.1) is 0 Å². The van der Waals surface area contributed by atoms with Gasteiger partial charge >= 0.3 is 0 Å². The summed E-state index contributed by atoms with van der Waals surface area (Å²) in [6, 6.07) is 12.1. The molecule has 0 aliphatic heterocycles. The van der Waals surface area contributed by atoms with E-state index in [4.69, 9.17) is 4.74 Å². The molecule has 0 saturated heterocycles. The number of methoxy groups -OCH3 is 1. The van der Waals surface area contributed by atoms with Crippen LogP contribution in [-0.4, -0.2) is 7.11 Å². The fourth-order valence-electron chi connectivity index (χ4n) is 1.72. The molecule has 18 heavy (non-hydrogen) atoms. The lowest BCUT2D eigenvalue weighted by atomic mass is 10.1. The van der Waals surface area contributed by atoms with Gasteiger partial charge in [-0.2, -0.15) is 0 Å². The Morgan fingerprint density at radius 1 is 1.17 bits per heavy atom.